The second-order valence-corrected chi connectivity index (χ2v) is 7.29. The zero-order valence-corrected chi connectivity index (χ0v) is 13.9. The van der Waals surface area contributed by atoms with Gasteiger partial charge in [0.1, 0.15) is 11.9 Å². The van der Waals surface area contributed by atoms with Gasteiger partial charge in [0, 0.05) is 11.7 Å². The number of anilines is 1. The number of rotatable bonds is 5. The molecule has 4 nitrogen and oxygen atoms in total. The lowest BCUT2D eigenvalue weighted by Crippen LogP contribution is -2.48. The molecular formula is C17H21FN2O2S. The molecule has 2 unspecified atom stereocenters. The zero-order valence-electron chi connectivity index (χ0n) is 13.1. The summed E-state index contributed by atoms with van der Waals surface area (Å²) in [6.45, 7) is 2.08. The molecule has 1 aliphatic heterocycles. The van der Waals surface area contributed by atoms with Crippen molar-refractivity contribution in [3.63, 3.8) is 0 Å². The summed E-state index contributed by atoms with van der Waals surface area (Å²) in [4.78, 5) is 26.9. The summed E-state index contributed by atoms with van der Waals surface area (Å²) in [7, 11) is 0. The highest BCUT2D eigenvalue weighted by Crippen LogP contribution is 2.39. The summed E-state index contributed by atoms with van der Waals surface area (Å²) >= 11 is 1.65. The first-order valence-corrected chi connectivity index (χ1v) is 9.16. The monoisotopic (exact) mass is 336 g/mol. The van der Waals surface area contributed by atoms with Crippen molar-refractivity contribution in [2.75, 3.05) is 11.1 Å². The number of nitrogens with one attached hydrogen (secondary N) is 1. The Labute approximate surface area is 139 Å². The summed E-state index contributed by atoms with van der Waals surface area (Å²) in [5.41, 5.74) is 0.167. The SMILES string of the molecule is CCCC1SCC(C(=O)Nc2ccccc2F)N1C(=O)C1CC1. The molecule has 0 spiro atoms. The molecule has 1 heterocycles. The lowest BCUT2D eigenvalue weighted by Gasteiger charge is -2.29. The maximum absolute atomic E-state index is 13.7. The van der Waals surface area contributed by atoms with Crippen LogP contribution in [0.5, 0.6) is 0 Å². The number of carbonyl (C=O) groups excluding carboxylic acids is 2. The van der Waals surface area contributed by atoms with Gasteiger partial charge in [0.25, 0.3) is 0 Å². The molecular weight excluding hydrogens is 315 g/mol. The number of thioether (sulfide) groups is 1. The van der Waals surface area contributed by atoms with Gasteiger partial charge in [0.05, 0.1) is 11.1 Å². The Morgan fingerprint density at radius 3 is 2.74 bits per heavy atom. The molecule has 0 radical (unpaired) electrons. The first-order valence-electron chi connectivity index (χ1n) is 8.11. The maximum atomic E-state index is 13.7. The van der Waals surface area contributed by atoms with Crippen LogP contribution in [0.15, 0.2) is 24.3 Å². The number of amides is 2. The molecule has 2 amide bonds. The van der Waals surface area contributed by atoms with Crippen LogP contribution in [0.25, 0.3) is 0 Å². The molecule has 2 atom stereocenters. The minimum atomic E-state index is -0.510. The topological polar surface area (TPSA) is 49.4 Å². The normalized spacial score (nSPS) is 23.8. The van der Waals surface area contributed by atoms with Gasteiger partial charge in [-0.2, -0.15) is 0 Å². The smallest absolute Gasteiger partial charge is 0.248 e. The second-order valence-electron chi connectivity index (χ2n) is 6.08. The van der Waals surface area contributed by atoms with Gasteiger partial charge in [-0.15, -0.1) is 11.8 Å². The summed E-state index contributed by atoms with van der Waals surface area (Å²) in [5, 5.41) is 2.70. The van der Waals surface area contributed by atoms with Crippen LogP contribution in [0.2, 0.25) is 0 Å². The van der Waals surface area contributed by atoms with Crippen molar-refractivity contribution in [2.45, 2.75) is 44.0 Å². The van der Waals surface area contributed by atoms with Gasteiger partial charge < -0.3 is 10.2 Å². The third kappa shape index (κ3) is 3.52. The van der Waals surface area contributed by atoms with Gasteiger partial charge in [-0.1, -0.05) is 25.5 Å². The maximum Gasteiger partial charge on any atom is 0.248 e. The fraction of sp³-hybridized carbons (Fsp3) is 0.529. The van der Waals surface area contributed by atoms with Crippen LogP contribution in [-0.4, -0.2) is 33.9 Å². The Hall–Kier alpha value is -1.56. The van der Waals surface area contributed by atoms with E-state index in [1.807, 2.05) is 0 Å². The number of hydrogen-bond donors (Lipinski definition) is 1. The van der Waals surface area contributed by atoms with E-state index in [0.29, 0.717) is 5.75 Å². The van der Waals surface area contributed by atoms with Crippen LogP contribution >= 0.6 is 11.8 Å². The third-order valence-corrected chi connectivity index (χ3v) is 5.60. The van der Waals surface area contributed by atoms with Gasteiger partial charge in [0.2, 0.25) is 11.8 Å². The van der Waals surface area contributed by atoms with Crippen LogP contribution in [0.4, 0.5) is 10.1 Å². The van der Waals surface area contributed by atoms with Gasteiger partial charge in [-0.05, 0) is 31.4 Å². The molecule has 23 heavy (non-hydrogen) atoms. The Kier molecular flexibility index (Phi) is 4.90. The van der Waals surface area contributed by atoms with Crippen LogP contribution in [0.3, 0.4) is 0 Å². The number of carbonyl (C=O) groups is 2. The molecule has 1 N–H and O–H groups in total. The fourth-order valence-electron chi connectivity index (χ4n) is 2.85. The average molecular weight is 336 g/mol. The molecule has 0 aromatic heterocycles. The molecule has 2 aliphatic rings. The summed E-state index contributed by atoms with van der Waals surface area (Å²) in [6.07, 6.45) is 3.68. The number of halogens is 1. The molecule has 1 aliphatic carbocycles. The highest BCUT2D eigenvalue weighted by molar-refractivity contribution is 8.00. The van der Waals surface area contributed by atoms with Crippen molar-refractivity contribution in [2.24, 2.45) is 5.92 Å². The standard InChI is InChI=1S/C17H21FN2O2S/c1-2-5-15-20(17(22)11-8-9-11)14(10-23-15)16(21)19-13-7-4-3-6-12(13)18/h3-4,6-7,11,14-15H,2,5,8-10H2,1H3,(H,19,21). The zero-order chi connectivity index (χ0) is 16.4. The fourth-order valence-corrected chi connectivity index (χ4v) is 4.38. The van der Waals surface area contributed by atoms with E-state index in [4.69, 9.17) is 0 Å². The minimum Gasteiger partial charge on any atom is -0.322 e. The highest BCUT2D eigenvalue weighted by Gasteiger charge is 2.45. The van der Waals surface area contributed by atoms with E-state index in [2.05, 4.69) is 12.2 Å². The molecule has 2 fully saturated rings. The van der Waals surface area contributed by atoms with Crippen molar-refractivity contribution < 1.29 is 14.0 Å². The third-order valence-electron chi connectivity index (χ3n) is 4.24. The predicted molar refractivity (Wildman–Crippen MR) is 89.5 cm³/mol. The number of benzene rings is 1. The lowest BCUT2D eigenvalue weighted by molar-refractivity contribution is -0.139. The van der Waals surface area contributed by atoms with Crippen molar-refractivity contribution in [1.29, 1.82) is 0 Å². The van der Waals surface area contributed by atoms with E-state index in [9.17, 15) is 14.0 Å². The van der Waals surface area contributed by atoms with E-state index >= 15 is 0 Å². The Bertz CT molecular complexity index is 606. The van der Waals surface area contributed by atoms with E-state index in [0.717, 1.165) is 25.7 Å². The molecule has 3 rings (SSSR count). The van der Waals surface area contributed by atoms with E-state index < -0.39 is 11.9 Å². The van der Waals surface area contributed by atoms with Crippen LogP contribution in [-0.2, 0) is 9.59 Å². The van der Waals surface area contributed by atoms with Crippen molar-refractivity contribution in [3.8, 4) is 0 Å². The molecule has 1 saturated heterocycles. The molecule has 6 heteroatoms. The van der Waals surface area contributed by atoms with Crippen molar-refractivity contribution in [1.82, 2.24) is 4.90 Å². The highest BCUT2D eigenvalue weighted by atomic mass is 32.2. The molecule has 1 aromatic rings. The largest absolute Gasteiger partial charge is 0.322 e. The summed E-state index contributed by atoms with van der Waals surface area (Å²) < 4.78 is 13.7. The van der Waals surface area contributed by atoms with Gasteiger partial charge >= 0.3 is 0 Å². The summed E-state index contributed by atoms with van der Waals surface area (Å²) in [5.74, 6) is -0.0190. The number of para-hydroxylation sites is 1. The van der Waals surface area contributed by atoms with Crippen molar-refractivity contribution in [3.05, 3.63) is 30.1 Å². The molecule has 0 bridgehead atoms. The van der Waals surface area contributed by atoms with Gasteiger partial charge in [-0.25, -0.2) is 4.39 Å². The quantitative estimate of drug-likeness (QED) is 0.898. The van der Waals surface area contributed by atoms with E-state index in [1.165, 1.54) is 12.1 Å². The molecule has 1 saturated carbocycles. The average Bonchev–Trinajstić information content (AvgIpc) is 3.30. The minimum absolute atomic E-state index is 0.0597. The van der Waals surface area contributed by atoms with Crippen LogP contribution in [0, 0.1) is 11.7 Å². The van der Waals surface area contributed by atoms with Crippen molar-refractivity contribution >= 4 is 29.3 Å². The van der Waals surface area contributed by atoms with Gasteiger partial charge in [0.15, 0.2) is 0 Å². The Morgan fingerprint density at radius 1 is 1.35 bits per heavy atom. The predicted octanol–water partition coefficient (Wildman–Crippen LogP) is 3.24. The number of hydrogen-bond acceptors (Lipinski definition) is 3. The second kappa shape index (κ2) is 6.91. The Balaban J connectivity index is 1.75. The first kappa shape index (κ1) is 16.3. The van der Waals surface area contributed by atoms with Gasteiger partial charge in [-0.3, -0.25) is 9.59 Å². The van der Waals surface area contributed by atoms with Crippen LogP contribution < -0.4 is 5.32 Å². The molecule has 124 valence electrons. The lowest BCUT2D eigenvalue weighted by atomic mass is 10.2. The van der Waals surface area contributed by atoms with E-state index in [-0.39, 0.29) is 28.8 Å². The number of nitrogens with zero attached hydrogens (tertiary/aromatic N) is 1. The Morgan fingerprint density at radius 2 is 2.09 bits per heavy atom. The molecule has 1 aromatic carbocycles. The van der Waals surface area contributed by atoms with E-state index in [1.54, 1.807) is 28.8 Å². The first-order chi connectivity index (χ1) is 11.1. The van der Waals surface area contributed by atoms with Crippen LogP contribution in [0.1, 0.15) is 32.6 Å². The summed E-state index contributed by atoms with van der Waals surface area (Å²) in [6, 6.07) is 5.59.